The Morgan fingerprint density at radius 2 is 1.75 bits per heavy atom. The molecule has 0 aliphatic carbocycles. The van der Waals surface area contributed by atoms with E-state index in [1.165, 1.54) is 23.9 Å². The fourth-order valence-corrected chi connectivity index (χ4v) is 3.81. The first-order valence-corrected chi connectivity index (χ1v) is 9.98. The van der Waals surface area contributed by atoms with Crippen molar-refractivity contribution in [2.45, 2.75) is 22.2 Å². The Morgan fingerprint density at radius 3 is 2.36 bits per heavy atom. The number of hydrogen-bond donors (Lipinski definition) is 1. The fourth-order valence-electron chi connectivity index (χ4n) is 2.40. The minimum absolute atomic E-state index is 0.174. The van der Waals surface area contributed by atoms with Gasteiger partial charge in [-0.1, -0.05) is 23.5 Å². The SMILES string of the molecule is NC(=O)CCSc1nnc(-c2ccc(F)cc2)n1-c1ccc(SC(F)F)cc1. The molecule has 0 saturated heterocycles. The molecular formula is C18H15F3N4OS2. The first-order valence-electron chi connectivity index (χ1n) is 8.12. The van der Waals surface area contributed by atoms with Gasteiger partial charge in [-0.05, 0) is 48.5 Å². The molecule has 28 heavy (non-hydrogen) atoms. The van der Waals surface area contributed by atoms with Crippen molar-refractivity contribution in [3.05, 3.63) is 54.3 Å². The van der Waals surface area contributed by atoms with Gasteiger partial charge < -0.3 is 5.73 Å². The number of primary amides is 1. The van der Waals surface area contributed by atoms with E-state index in [0.29, 0.717) is 44.6 Å². The zero-order valence-electron chi connectivity index (χ0n) is 14.4. The maximum atomic E-state index is 13.3. The van der Waals surface area contributed by atoms with Gasteiger partial charge >= 0.3 is 0 Å². The molecule has 0 aliphatic rings. The topological polar surface area (TPSA) is 73.8 Å². The maximum Gasteiger partial charge on any atom is 0.288 e. The smallest absolute Gasteiger partial charge is 0.288 e. The zero-order valence-corrected chi connectivity index (χ0v) is 16.0. The van der Waals surface area contributed by atoms with Gasteiger partial charge in [-0.15, -0.1) is 10.2 Å². The molecule has 0 unspecified atom stereocenters. The summed E-state index contributed by atoms with van der Waals surface area (Å²) in [5.74, 6) is -2.42. The molecule has 0 atom stereocenters. The second-order valence-electron chi connectivity index (χ2n) is 5.59. The van der Waals surface area contributed by atoms with E-state index in [2.05, 4.69) is 10.2 Å². The number of nitrogens with zero attached hydrogens (tertiary/aromatic N) is 3. The van der Waals surface area contributed by atoms with Gasteiger partial charge in [-0.2, -0.15) is 8.78 Å². The molecule has 0 bridgehead atoms. The number of amides is 1. The molecule has 1 aromatic heterocycles. The van der Waals surface area contributed by atoms with Crippen molar-refractivity contribution in [1.82, 2.24) is 14.8 Å². The first-order chi connectivity index (χ1) is 13.4. The van der Waals surface area contributed by atoms with Crippen LogP contribution >= 0.6 is 23.5 Å². The van der Waals surface area contributed by atoms with Gasteiger partial charge in [0.2, 0.25) is 5.91 Å². The first kappa shape index (κ1) is 20.3. The lowest BCUT2D eigenvalue weighted by Crippen LogP contribution is -2.11. The molecule has 0 radical (unpaired) electrons. The van der Waals surface area contributed by atoms with E-state index in [1.807, 2.05) is 0 Å². The number of carbonyl (C=O) groups excluding carboxylic acids is 1. The van der Waals surface area contributed by atoms with Gasteiger partial charge in [0.05, 0.1) is 0 Å². The molecular weight excluding hydrogens is 409 g/mol. The van der Waals surface area contributed by atoms with Crippen molar-refractivity contribution in [2.24, 2.45) is 5.73 Å². The Morgan fingerprint density at radius 1 is 1.07 bits per heavy atom. The monoisotopic (exact) mass is 424 g/mol. The summed E-state index contributed by atoms with van der Waals surface area (Å²) in [5.41, 5.74) is 6.48. The summed E-state index contributed by atoms with van der Waals surface area (Å²) in [6.45, 7) is 0. The van der Waals surface area contributed by atoms with Crippen LogP contribution in [0.4, 0.5) is 13.2 Å². The van der Waals surface area contributed by atoms with Crippen LogP contribution in [0.15, 0.2) is 58.6 Å². The van der Waals surface area contributed by atoms with Crippen molar-refractivity contribution in [3.63, 3.8) is 0 Å². The predicted molar refractivity (Wildman–Crippen MR) is 103 cm³/mol. The standard InChI is InChI=1S/C18H15F3N4OS2/c19-12-3-1-11(2-4-12)16-23-24-18(27-10-9-15(22)26)25(16)13-5-7-14(8-6-13)28-17(20)21/h1-8,17H,9-10H2,(H2,22,26). The summed E-state index contributed by atoms with van der Waals surface area (Å²) in [7, 11) is 0. The van der Waals surface area contributed by atoms with E-state index in [4.69, 9.17) is 5.73 Å². The van der Waals surface area contributed by atoms with Crippen LogP contribution in [0.2, 0.25) is 0 Å². The van der Waals surface area contributed by atoms with Crippen LogP contribution < -0.4 is 5.73 Å². The molecule has 0 saturated carbocycles. The van der Waals surface area contributed by atoms with Crippen LogP contribution in [0.3, 0.4) is 0 Å². The number of benzene rings is 2. The summed E-state index contributed by atoms with van der Waals surface area (Å²) in [6.07, 6.45) is 0.174. The van der Waals surface area contributed by atoms with E-state index in [-0.39, 0.29) is 12.2 Å². The molecule has 2 aromatic carbocycles. The van der Waals surface area contributed by atoms with Crippen molar-refractivity contribution < 1.29 is 18.0 Å². The normalized spacial score (nSPS) is 11.1. The molecule has 10 heteroatoms. The average Bonchev–Trinajstić information content (AvgIpc) is 3.06. The van der Waals surface area contributed by atoms with E-state index >= 15 is 0 Å². The molecule has 1 heterocycles. The van der Waals surface area contributed by atoms with Gasteiger partial charge in [0.1, 0.15) is 5.82 Å². The average molecular weight is 424 g/mol. The summed E-state index contributed by atoms with van der Waals surface area (Å²) in [6, 6.07) is 12.3. The Balaban J connectivity index is 1.98. The second-order valence-corrected chi connectivity index (χ2v) is 7.71. The molecule has 2 N–H and O–H groups in total. The quantitative estimate of drug-likeness (QED) is 0.544. The summed E-state index contributed by atoms with van der Waals surface area (Å²) in [4.78, 5) is 11.4. The van der Waals surface area contributed by atoms with Crippen LogP contribution in [0, 0.1) is 5.82 Å². The molecule has 1 amide bonds. The Labute approximate surface area is 167 Å². The van der Waals surface area contributed by atoms with Crippen LogP contribution in [-0.4, -0.2) is 32.2 Å². The third kappa shape index (κ3) is 5.08. The lowest BCUT2D eigenvalue weighted by atomic mass is 10.2. The Bertz CT molecular complexity index is 946. The molecule has 3 rings (SSSR count). The van der Waals surface area contributed by atoms with Crippen molar-refractivity contribution in [3.8, 4) is 17.1 Å². The Hall–Kier alpha value is -2.46. The number of thioether (sulfide) groups is 2. The van der Waals surface area contributed by atoms with Crippen LogP contribution in [-0.2, 0) is 4.79 Å². The fraction of sp³-hybridized carbons (Fsp3) is 0.167. The minimum Gasteiger partial charge on any atom is -0.370 e. The van der Waals surface area contributed by atoms with Gasteiger partial charge in [0, 0.05) is 28.3 Å². The van der Waals surface area contributed by atoms with Crippen LogP contribution in [0.5, 0.6) is 0 Å². The highest BCUT2D eigenvalue weighted by Gasteiger charge is 2.17. The van der Waals surface area contributed by atoms with E-state index in [0.717, 1.165) is 0 Å². The van der Waals surface area contributed by atoms with Gasteiger partial charge in [0.15, 0.2) is 11.0 Å². The van der Waals surface area contributed by atoms with Gasteiger partial charge in [-0.25, -0.2) is 4.39 Å². The number of rotatable bonds is 8. The predicted octanol–water partition coefficient (Wildman–Crippen LogP) is 4.36. The largest absolute Gasteiger partial charge is 0.370 e. The van der Waals surface area contributed by atoms with Gasteiger partial charge in [-0.3, -0.25) is 9.36 Å². The number of aromatic nitrogens is 3. The van der Waals surface area contributed by atoms with Crippen molar-refractivity contribution in [2.75, 3.05) is 5.75 Å². The second kappa shape index (κ2) is 9.16. The molecule has 146 valence electrons. The lowest BCUT2D eigenvalue weighted by molar-refractivity contribution is -0.117. The summed E-state index contributed by atoms with van der Waals surface area (Å²) in [5, 5.41) is 8.86. The highest BCUT2D eigenvalue weighted by molar-refractivity contribution is 7.99. The third-order valence-corrected chi connectivity index (χ3v) is 5.29. The van der Waals surface area contributed by atoms with Gasteiger partial charge in [0.25, 0.3) is 5.76 Å². The minimum atomic E-state index is -2.50. The zero-order chi connectivity index (χ0) is 20.1. The highest BCUT2D eigenvalue weighted by atomic mass is 32.2. The third-order valence-electron chi connectivity index (χ3n) is 3.64. The van der Waals surface area contributed by atoms with Crippen molar-refractivity contribution in [1.29, 1.82) is 0 Å². The van der Waals surface area contributed by atoms with Crippen LogP contribution in [0.25, 0.3) is 17.1 Å². The summed E-state index contributed by atoms with van der Waals surface area (Å²) < 4.78 is 40.1. The highest BCUT2D eigenvalue weighted by Crippen LogP contribution is 2.31. The maximum absolute atomic E-state index is 13.3. The molecule has 3 aromatic rings. The van der Waals surface area contributed by atoms with Crippen LogP contribution in [0.1, 0.15) is 6.42 Å². The molecule has 0 aliphatic heterocycles. The number of alkyl halides is 2. The lowest BCUT2D eigenvalue weighted by Gasteiger charge is -2.11. The van der Waals surface area contributed by atoms with E-state index in [1.54, 1.807) is 41.0 Å². The molecule has 0 fully saturated rings. The van der Waals surface area contributed by atoms with E-state index in [9.17, 15) is 18.0 Å². The summed E-state index contributed by atoms with van der Waals surface area (Å²) >= 11 is 1.75. The molecule has 0 spiro atoms. The number of carbonyl (C=O) groups is 1. The van der Waals surface area contributed by atoms with E-state index < -0.39 is 11.7 Å². The van der Waals surface area contributed by atoms with Crippen molar-refractivity contribution >= 4 is 29.4 Å². The number of hydrogen-bond acceptors (Lipinski definition) is 5. The molecule has 5 nitrogen and oxygen atoms in total. The number of halogens is 3. The number of nitrogens with two attached hydrogens (primary N) is 1. The Kier molecular flexibility index (Phi) is 6.63.